The van der Waals surface area contributed by atoms with Crippen LogP contribution in [0.3, 0.4) is 0 Å². The van der Waals surface area contributed by atoms with Crippen molar-refractivity contribution in [2.45, 2.75) is 18.7 Å². The van der Waals surface area contributed by atoms with Crippen LogP contribution in [-0.4, -0.2) is 40.7 Å². The van der Waals surface area contributed by atoms with Crippen LogP contribution in [0.1, 0.15) is 23.1 Å². The molecule has 0 aliphatic carbocycles. The molecule has 0 amide bonds. The number of aromatic nitrogens is 4. The minimum atomic E-state index is -3.83. The number of hydrogen-bond donors (Lipinski definition) is 2. The summed E-state index contributed by atoms with van der Waals surface area (Å²) in [6.07, 6.45) is 2.58. The minimum Gasteiger partial charge on any atom is -0.461 e. The second kappa shape index (κ2) is 5.56. The number of imidazole rings is 1. The van der Waals surface area contributed by atoms with E-state index in [2.05, 4.69) is 19.8 Å². The highest BCUT2D eigenvalue weighted by molar-refractivity contribution is 7.92. The number of aromatic amines is 1. The lowest BCUT2D eigenvalue weighted by Crippen LogP contribution is -2.14. The number of esters is 1. The Labute approximate surface area is 121 Å². The van der Waals surface area contributed by atoms with Gasteiger partial charge >= 0.3 is 5.97 Å². The molecule has 0 bridgehead atoms. The first-order valence-electron chi connectivity index (χ1n) is 6.08. The first-order chi connectivity index (χ1) is 9.83. The maximum Gasteiger partial charge on any atom is 0.356 e. The fourth-order valence-corrected chi connectivity index (χ4v) is 2.90. The Bertz CT molecular complexity index is 761. The van der Waals surface area contributed by atoms with E-state index in [-0.39, 0.29) is 23.1 Å². The van der Waals surface area contributed by atoms with Gasteiger partial charge < -0.3 is 9.72 Å². The smallest absolute Gasteiger partial charge is 0.356 e. The van der Waals surface area contributed by atoms with Crippen molar-refractivity contribution < 1.29 is 17.9 Å². The predicted octanol–water partition coefficient (Wildman–Crippen LogP) is 0.429. The summed E-state index contributed by atoms with van der Waals surface area (Å²) < 4.78 is 32.8. The van der Waals surface area contributed by atoms with Gasteiger partial charge in [0, 0.05) is 13.2 Å². The zero-order valence-electron chi connectivity index (χ0n) is 11.7. The highest BCUT2D eigenvalue weighted by atomic mass is 32.2. The molecule has 0 unspecified atom stereocenters. The Morgan fingerprint density at radius 1 is 1.52 bits per heavy atom. The van der Waals surface area contributed by atoms with Crippen LogP contribution in [0.5, 0.6) is 0 Å². The summed E-state index contributed by atoms with van der Waals surface area (Å²) in [5, 5.41) is 3.97. The molecule has 2 heterocycles. The number of hydrogen-bond acceptors (Lipinski definition) is 6. The molecule has 21 heavy (non-hydrogen) atoms. The van der Waals surface area contributed by atoms with Crippen LogP contribution in [0.4, 0.5) is 5.95 Å². The van der Waals surface area contributed by atoms with Gasteiger partial charge in [-0.1, -0.05) is 0 Å². The number of anilines is 1. The molecule has 0 aliphatic rings. The van der Waals surface area contributed by atoms with Crippen LogP contribution >= 0.6 is 0 Å². The van der Waals surface area contributed by atoms with Crippen molar-refractivity contribution in [3.63, 3.8) is 0 Å². The second-order valence-electron chi connectivity index (χ2n) is 4.22. The number of carbonyl (C=O) groups excluding carboxylic acids is 1. The van der Waals surface area contributed by atoms with Gasteiger partial charge in [0.2, 0.25) is 5.95 Å². The molecule has 0 aromatic carbocycles. The van der Waals surface area contributed by atoms with E-state index in [1.807, 2.05) is 0 Å². The first kappa shape index (κ1) is 15.0. The van der Waals surface area contributed by atoms with E-state index in [1.165, 1.54) is 17.1 Å². The van der Waals surface area contributed by atoms with E-state index in [9.17, 15) is 13.2 Å². The van der Waals surface area contributed by atoms with Crippen molar-refractivity contribution in [2.24, 2.45) is 7.05 Å². The Balaban J connectivity index is 2.22. The van der Waals surface area contributed by atoms with Crippen LogP contribution in [0.2, 0.25) is 0 Å². The van der Waals surface area contributed by atoms with Gasteiger partial charge in [-0.15, -0.1) is 0 Å². The number of ether oxygens (including phenoxy) is 1. The lowest BCUT2D eigenvalue weighted by atomic mass is 10.5. The number of H-pyrrole nitrogens is 1. The maximum atomic E-state index is 12.2. The molecular formula is C11H15N5O4S. The standard InChI is InChI=1S/C11H15N5O4S/c1-4-20-10(17)8-5-12-11(13-8)15-21(18,19)9-6-16(3)14-7(9)2/h5-6H,4H2,1-3H3,(H2,12,13,15). The van der Waals surface area contributed by atoms with Crippen LogP contribution in [0.25, 0.3) is 0 Å². The molecule has 0 atom stereocenters. The fourth-order valence-electron chi connectivity index (χ4n) is 1.71. The minimum absolute atomic E-state index is 0.0408. The van der Waals surface area contributed by atoms with Crippen molar-refractivity contribution in [1.29, 1.82) is 0 Å². The third-order valence-corrected chi connectivity index (χ3v) is 4.00. The number of nitrogens with zero attached hydrogens (tertiary/aromatic N) is 3. The zero-order valence-corrected chi connectivity index (χ0v) is 12.6. The first-order valence-corrected chi connectivity index (χ1v) is 7.57. The third-order valence-electron chi connectivity index (χ3n) is 2.56. The Morgan fingerprint density at radius 3 is 2.81 bits per heavy atom. The monoisotopic (exact) mass is 313 g/mol. The second-order valence-corrected chi connectivity index (χ2v) is 5.87. The van der Waals surface area contributed by atoms with E-state index in [4.69, 9.17) is 4.74 Å². The topological polar surface area (TPSA) is 119 Å². The van der Waals surface area contributed by atoms with E-state index in [0.29, 0.717) is 5.69 Å². The van der Waals surface area contributed by atoms with Crippen molar-refractivity contribution in [2.75, 3.05) is 11.3 Å². The summed E-state index contributed by atoms with van der Waals surface area (Å²) >= 11 is 0. The van der Waals surface area contributed by atoms with Gasteiger partial charge in [0.05, 0.1) is 18.5 Å². The summed E-state index contributed by atoms with van der Waals surface area (Å²) in [6.45, 7) is 3.47. The summed E-state index contributed by atoms with van der Waals surface area (Å²) in [6, 6.07) is 0. The normalized spacial score (nSPS) is 11.4. The molecule has 2 N–H and O–H groups in total. The number of rotatable bonds is 5. The Morgan fingerprint density at radius 2 is 2.24 bits per heavy atom. The molecule has 9 nitrogen and oxygen atoms in total. The molecule has 2 rings (SSSR count). The van der Waals surface area contributed by atoms with Gasteiger partial charge in [0.15, 0.2) is 0 Å². The molecule has 2 aromatic heterocycles. The Kier molecular flexibility index (Phi) is 3.98. The number of aryl methyl sites for hydroxylation is 2. The predicted molar refractivity (Wildman–Crippen MR) is 73.3 cm³/mol. The van der Waals surface area contributed by atoms with Crippen LogP contribution in [0.15, 0.2) is 17.3 Å². The molecule has 114 valence electrons. The number of carbonyl (C=O) groups is 1. The highest BCUT2D eigenvalue weighted by Gasteiger charge is 2.21. The molecular weight excluding hydrogens is 298 g/mol. The van der Waals surface area contributed by atoms with Crippen molar-refractivity contribution in [1.82, 2.24) is 19.7 Å². The van der Waals surface area contributed by atoms with Crippen molar-refractivity contribution in [3.8, 4) is 0 Å². The SMILES string of the molecule is CCOC(=O)c1cnc(NS(=O)(=O)c2cn(C)nc2C)[nH]1. The van der Waals surface area contributed by atoms with E-state index in [1.54, 1.807) is 20.9 Å². The van der Waals surface area contributed by atoms with Crippen LogP contribution < -0.4 is 4.72 Å². The molecule has 0 saturated heterocycles. The van der Waals surface area contributed by atoms with Crippen LogP contribution in [0, 0.1) is 6.92 Å². The van der Waals surface area contributed by atoms with Gasteiger partial charge in [-0.25, -0.2) is 22.9 Å². The van der Waals surface area contributed by atoms with E-state index in [0.717, 1.165) is 0 Å². The molecule has 0 aliphatic heterocycles. The van der Waals surface area contributed by atoms with Gasteiger partial charge in [-0.3, -0.25) is 4.68 Å². The lowest BCUT2D eigenvalue weighted by molar-refractivity contribution is 0.0520. The molecule has 0 spiro atoms. The average Bonchev–Trinajstić information content (AvgIpc) is 2.96. The molecule has 0 saturated carbocycles. The highest BCUT2D eigenvalue weighted by Crippen LogP contribution is 2.16. The molecule has 0 radical (unpaired) electrons. The van der Waals surface area contributed by atoms with Crippen molar-refractivity contribution >= 4 is 21.9 Å². The maximum absolute atomic E-state index is 12.2. The summed E-state index contributed by atoms with van der Waals surface area (Å²) in [4.78, 5) is 17.8. The third kappa shape index (κ3) is 3.21. The number of nitrogens with one attached hydrogen (secondary N) is 2. The zero-order chi connectivity index (χ0) is 15.6. The number of sulfonamides is 1. The fraction of sp³-hybridized carbons (Fsp3) is 0.364. The van der Waals surface area contributed by atoms with Gasteiger partial charge in [-0.2, -0.15) is 5.10 Å². The van der Waals surface area contributed by atoms with E-state index < -0.39 is 16.0 Å². The largest absolute Gasteiger partial charge is 0.461 e. The van der Waals surface area contributed by atoms with Crippen molar-refractivity contribution in [3.05, 3.63) is 23.8 Å². The van der Waals surface area contributed by atoms with Gasteiger partial charge in [-0.05, 0) is 13.8 Å². The van der Waals surface area contributed by atoms with Crippen LogP contribution in [-0.2, 0) is 21.8 Å². The lowest BCUT2D eigenvalue weighted by Gasteiger charge is -2.03. The summed E-state index contributed by atoms with van der Waals surface area (Å²) in [5.41, 5.74) is 0.430. The molecule has 0 fully saturated rings. The van der Waals surface area contributed by atoms with Gasteiger partial charge in [0.25, 0.3) is 10.0 Å². The Hall–Kier alpha value is -2.36. The average molecular weight is 313 g/mol. The summed E-state index contributed by atoms with van der Waals surface area (Å²) in [5.74, 6) is -0.672. The van der Waals surface area contributed by atoms with E-state index >= 15 is 0 Å². The molecule has 10 heteroatoms. The van der Waals surface area contributed by atoms with Gasteiger partial charge in [0.1, 0.15) is 10.6 Å². The molecule has 2 aromatic rings. The quantitative estimate of drug-likeness (QED) is 0.773. The summed E-state index contributed by atoms with van der Waals surface area (Å²) in [7, 11) is -2.20.